The van der Waals surface area contributed by atoms with Crippen LogP contribution in [-0.2, 0) is 4.79 Å². The topological polar surface area (TPSA) is 59.1 Å². The van der Waals surface area contributed by atoms with Crippen LogP contribution in [0.3, 0.4) is 0 Å². The maximum Gasteiger partial charge on any atom is 0.233 e. The summed E-state index contributed by atoms with van der Waals surface area (Å²) in [5, 5.41) is 3.47. The summed E-state index contributed by atoms with van der Waals surface area (Å²) in [5.41, 5.74) is 2.86. The summed E-state index contributed by atoms with van der Waals surface area (Å²) in [6.07, 6.45) is 0. The number of nitrogens with one attached hydrogen (secondary N) is 1. The van der Waals surface area contributed by atoms with Gasteiger partial charge in [-0.05, 0) is 30.7 Å². The summed E-state index contributed by atoms with van der Waals surface area (Å²) in [4.78, 5) is 29.8. The second kappa shape index (κ2) is 7.74. The molecule has 1 heterocycles. The third-order valence-corrected chi connectivity index (χ3v) is 5.55. The third-order valence-electron chi connectivity index (χ3n) is 4.60. The maximum absolute atomic E-state index is 12.7. The molecule has 138 valence electrons. The highest BCUT2D eigenvalue weighted by Gasteiger charge is 2.19. The van der Waals surface area contributed by atoms with Crippen LogP contribution in [0.15, 0.2) is 78.9 Å². The molecule has 1 amide bonds. The monoisotopic (exact) mass is 386 g/mol. The number of hydrogen-bond donors (Lipinski definition) is 1. The van der Waals surface area contributed by atoms with Gasteiger partial charge in [0.05, 0.1) is 16.1 Å². The summed E-state index contributed by atoms with van der Waals surface area (Å²) in [6.45, 7) is 1.83. The Bertz CT molecular complexity index is 1120. The molecule has 1 N–H and O–H groups in total. The van der Waals surface area contributed by atoms with Gasteiger partial charge in [-0.2, -0.15) is 0 Å². The van der Waals surface area contributed by atoms with E-state index in [0.29, 0.717) is 16.3 Å². The van der Waals surface area contributed by atoms with Gasteiger partial charge in [-0.3, -0.25) is 9.59 Å². The van der Waals surface area contributed by atoms with Gasteiger partial charge in [0, 0.05) is 11.1 Å². The van der Waals surface area contributed by atoms with Crippen molar-refractivity contribution in [2.24, 2.45) is 0 Å². The lowest BCUT2D eigenvalue weighted by Gasteiger charge is -2.12. The molecule has 0 radical (unpaired) electrons. The van der Waals surface area contributed by atoms with E-state index in [1.165, 1.54) is 11.3 Å². The first kappa shape index (κ1) is 18.1. The van der Waals surface area contributed by atoms with Crippen LogP contribution in [0.1, 0.15) is 34.3 Å². The van der Waals surface area contributed by atoms with Crippen LogP contribution < -0.4 is 5.32 Å². The Hall–Kier alpha value is -3.31. The minimum atomic E-state index is -0.407. The number of carbonyl (C=O) groups excluding carboxylic acids is 2. The lowest BCUT2D eigenvalue weighted by atomic mass is 9.95. The van der Waals surface area contributed by atoms with Crippen LogP contribution in [0.4, 0.5) is 5.13 Å². The summed E-state index contributed by atoms with van der Waals surface area (Å²) in [7, 11) is 0. The molecule has 0 bridgehead atoms. The second-order valence-corrected chi connectivity index (χ2v) is 7.55. The molecule has 0 saturated heterocycles. The quantitative estimate of drug-likeness (QED) is 0.475. The van der Waals surface area contributed by atoms with E-state index >= 15 is 0 Å². The standard InChI is InChI=1S/C23H18N2O2S/c1-15(22(27)25-23-24-19-12-5-6-13-20(19)28-23)17-10-7-11-18(14-17)21(26)16-8-3-2-4-9-16/h2-15H,1H3,(H,24,25,27)/t15-/m0/s1. The number of hydrogen-bond acceptors (Lipinski definition) is 4. The van der Waals surface area contributed by atoms with Gasteiger partial charge in [-0.25, -0.2) is 4.98 Å². The normalized spacial score (nSPS) is 11.9. The fourth-order valence-electron chi connectivity index (χ4n) is 3.00. The largest absolute Gasteiger partial charge is 0.301 e. The van der Waals surface area contributed by atoms with Crippen molar-refractivity contribution in [3.05, 3.63) is 95.6 Å². The molecule has 28 heavy (non-hydrogen) atoms. The van der Waals surface area contributed by atoms with Gasteiger partial charge in [0.2, 0.25) is 5.91 Å². The molecule has 3 aromatic carbocycles. The van der Waals surface area contributed by atoms with E-state index in [4.69, 9.17) is 0 Å². The molecule has 0 aliphatic carbocycles. The predicted octanol–water partition coefficient (Wildman–Crippen LogP) is 5.27. The first-order valence-corrected chi connectivity index (χ1v) is 9.79. The van der Waals surface area contributed by atoms with E-state index in [1.807, 2.05) is 61.5 Å². The Morgan fingerprint density at radius 2 is 1.61 bits per heavy atom. The van der Waals surface area contributed by atoms with E-state index < -0.39 is 5.92 Å². The maximum atomic E-state index is 12.7. The summed E-state index contributed by atoms with van der Waals surface area (Å²) in [5.74, 6) is -0.611. The van der Waals surface area contributed by atoms with Crippen LogP contribution in [-0.4, -0.2) is 16.7 Å². The average Bonchev–Trinajstić information content (AvgIpc) is 3.15. The highest BCUT2D eigenvalue weighted by atomic mass is 32.1. The van der Waals surface area contributed by atoms with Crippen molar-refractivity contribution < 1.29 is 9.59 Å². The minimum absolute atomic E-state index is 0.0544. The van der Waals surface area contributed by atoms with Crippen LogP contribution >= 0.6 is 11.3 Å². The summed E-state index contributed by atoms with van der Waals surface area (Å²) in [6, 6.07) is 24.1. The van der Waals surface area contributed by atoms with Gasteiger partial charge in [0.15, 0.2) is 10.9 Å². The van der Waals surface area contributed by atoms with Gasteiger partial charge in [0.1, 0.15) is 0 Å². The number of rotatable bonds is 5. The zero-order chi connectivity index (χ0) is 19.5. The molecule has 0 aliphatic rings. The number of aromatic nitrogens is 1. The second-order valence-electron chi connectivity index (χ2n) is 6.52. The smallest absolute Gasteiger partial charge is 0.233 e. The molecule has 4 nitrogen and oxygen atoms in total. The number of anilines is 1. The number of para-hydroxylation sites is 1. The lowest BCUT2D eigenvalue weighted by molar-refractivity contribution is -0.117. The zero-order valence-electron chi connectivity index (χ0n) is 15.3. The number of amides is 1. The Balaban J connectivity index is 1.53. The highest BCUT2D eigenvalue weighted by molar-refractivity contribution is 7.22. The predicted molar refractivity (Wildman–Crippen MR) is 113 cm³/mol. The molecule has 0 fully saturated rings. The molecular weight excluding hydrogens is 368 g/mol. The molecule has 1 atom stereocenters. The van der Waals surface area contributed by atoms with Crippen molar-refractivity contribution in [3.63, 3.8) is 0 Å². The van der Waals surface area contributed by atoms with E-state index in [-0.39, 0.29) is 11.7 Å². The number of ketones is 1. The molecule has 4 rings (SSSR count). The van der Waals surface area contributed by atoms with Gasteiger partial charge in [-0.15, -0.1) is 0 Å². The molecule has 1 aromatic heterocycles. The van der Waals surface area contributed by atoms with Crippen molar-refractivity contribution in [1.29, 1.82) is 0 Å². The Morgan fingerprint density at radius 3 is 2.39 bits per heavy atom. The first-order valence-electron chi connectivity index (χ1n) is 8.98. The van der Waals surface area contributed by atoms with E-state index in [0.717, 1.165) is 15.8 Å². The first-order chi connectivity index (χ1) is 13.6. The number of carbonyl (C=O) groups is 2. The van der Waals surface area contributed by atoms with Crippen molar-refractivity contribution in [3.8, 4) is 0 Å². The van der Waals surface area contributed by atoms with Crippen LogP contribution in [0.5, 0.6) is 0 Å². The van der Waals surface area contributed by atoms with Gasteiger partial charge in [0.25, 0.3) is 0 Å². The minimum Gasteiger partial charge on any atom is -0.301 e. The van der Waals surface area contributed by atoms with Crippen molar-refractivity contribution >= 4 is 38.4 Å². The zero-order valence-corrected chi connectivity index (χ0v) is 16.1. The van der Waals surface area contributed by atoms with Gasteiger partial charge in [-0.1, -0.05) is 72.0 Å². The van der Waals surface area contributed by atoms with Crippen molar-refractivity contribution in [2.75, 3.05) is 5.32 Å². The third kappa shape index (κ3) is 3.70. The molecule has 5 heteroatoms. The summed E-state index contributed by atoms with van der Waals surface area (Å²) < 4.78 is 1.03. The fourth-order valence-corrected chi connectivity index (χ4v) is 3.86. The summed E-state index contributed by atoms with van der Waals surface area (Å²) >= 11 is 1.45. The molecule has 4 aromatic rings. The van der Waals surface area contributed by atoms with Gasteiger partial charge < -0.3 is 5.32 Å². The van der Waals surface area contributed by atoms with Crippen molar-refractivity contribution in [1.82, 2.24) is 4.98 Å². The Labute approximate surface area is 166 Å². The fraction of sp³-hybridized carbons (Fsp3) is 0.0870. The average molecular weight is 386 g/mol. The Morgan fingerprint density at radius 1 is 0.893 bits per heavy atom. The lowest BCUT2D eigenvalue weighted by Crippen LogP contribution is -2.19. The van der Waals surface area contributed by atoms with Crippen LogP contribution in [0.25, 0.3) is 10.2 Å². The highest BCUT2D eigenvalue weighted by Crippen LogP contribution is 2.27. The molecule has 0 saturated carbocycles. The van der Waals surface area contributed by atoms with Gasteiger partial charge >= 0.3 is 0 Å². The van der Waals surface area contributed by atoms with E-state index in [2.05, 4.69) is 10.3 Å². The van der Waals surface area contributed by atoms with Crippen LogP contribution in [0.2, 0.25) is 0 Å². The molecular formula is C23H18N2O2S. The number of benzene rings is 3. The van der Waals surface area contributed by atoms with E-state index in [9.17, 15) is 9.59 Å². The number of fused-ring (bicyclic) bond motifs is 1. The SMILES string of the molecule is C[C@H](C(=O)Nc1nc2ccccc2s1)c1cccc(C(=O)c2ccccc2)c1. The molecule has 0 unspecified atom stereocenters. The van der Waals surface area contributed by atoms with Crippen molar-refractivity contribution in [2.45, 2.75) is 12.8 Å². The Kier molecular flexibility index (Phi) is 5.00. The molecule has 0 aliphatic heterocycles. The molecule has 0 spiro atoms. The van der Waals surface area contributed by atoms with E-state index in [1.54, 1.807) is 24.3 Å². The number of nitrogens with zero attached hydrogens (tertiary/aromatic N) is 1. The number of thiazole rings is 1. The van der Waals surface area contributed by atoms with Crippen LogP contribution in [0, 0.1) is 0 Å².